The summed E-state index contributed by atoms with van der Waals surface area (Å²) in [5.74, 6) is 0. The zero-order chi connectivity index (χ0) is 41.8. The molecule has 8 bridgehead atoms. The molecule has 0 saturated carbocycles. The number of rotatable bonds is 8. The van der Waals surface area contributed by atoms with E-state index in [-0.39, 0.29) is 24.8 Å². The summed E-state index contributed by atoms with van der Waals surface area (Å²) in [5.41, 5.74) is 18.3. The van der Waals surface area contributed by atoms with E-state index in [2.05, 4.69) is 222 Å². The fourth-order valence-corrected chi connectivity index (χ4v) is 8.66. The van der Waals surface area contributed by atoms with E-state index in [4.69, 9.17) is 0 Å². The Labute approximate surface area is 377 Å². The molecule has 1 aliphatic heterocycles. The van der Waals surface area contributed by atoms with E-state index in [0.717, 1.165) is 111 Å². The summed E-state index contributed by atoms with van der Waals surface area (Å²) in [6.07, 6.45) is 0. The largest absolute Gasteiger partial charge is 1.00 e. The maximum Gasteiger partial charge on any atom is 0.104 e. The van der Waals surface area contributed by atoms with Crippen LogP contribution in [0.15, 0.2) is 146 Å². The van der Waals surface area contributed by atoms with Crippen molar-refractivity contribution in [2.45, 2.75) is 26.9 Å². The van der Waals surface area contributed by atoms with E-state index >= 15 is 0 Å². The first-order valence-corrected chi connectivity index (χ1v) is 21.0. The minimum absolute atomic E-state index is 0. The minimum Gasteiger partial charge on any atom is -1.00 e. The van der Waals surface area contributed by atoms with Gasteiger partial charge in [-0.25, -0.2) is 0 Å². The Morgan fingerprint density at radius 2 is 0.548 bits per heavy atom. The molecule has 4 aromatic heterocycles. The van der Waals surface area contributed by atoms with E-state index in [1.54, 1.807) is 0 Å². The number of aryl methyl sites for hydroxylation is 2. The molecule has 4 aromatic carbocycles. The van der Waals surface area contributed by atoms with Crippen LogP contribution >= 0.6 is 0 Å². The van der Waals surface area contributed by atoms with Crippen molar-refractivity contribution < 1.29 is 33.8 Å². The molecule has 5 heterocycles. The highest BCUT2D eigenvalue weighted by molar-refractivity contribution is 5.84. The fraction of sp³-hybridized carbons (Fsp3) is 0.185. The third-order valence-electron chi connectivity index (χ3n) is 11.4. The molecule has 0 amide bonds. The fourth-order valence-electron chi connectivity index (χ4n) is 8.66. The normalized spacial score (nSPS) is 12.9. The zero-order valence-corrected chi connectivity index (χ0v) is 38.4. The first-order valence-electron chi connectivity index (χ1n) is 21.0. The van der Waals surface area contributed by atoms with Gasteiger partial charge in [-0.2, -0.15) is 0 Å². The molecule has 316 valence electrons. The van der Waals surface area contributed by atoms with Gasteiger partial charge >= 0.3 is 0 Å². The first kappa shape index (κ1) is 44.0. The molecular weight excluding hydrogens is 804 g/mol. The third-order valence-corrected chi connectivity index (χ3v) is 11.4. The van der Waals surface area contributed by atoms with Gasteiger partial charge in [0.15, 0.2) is 0 Å². The van der Waals surface area contributed by atoms with Gasteiger partial charge in [-0.05, 0) is 84.6 Å². The number of aromatic nitrogens is 4. The predicted molar refractivity (Wildman–Crippen MR) is 247 cm³/mol. The topological polar surface area (TPSA) is 63.2 Å². The molecule has 8 aromatic rings. The van der Waals surface area contributed by atoms with Crippen molar-refractivity contribution in [3.05, 3.63) is 234 Å². The number of hydrogen-bond acceptors (Lipinski definition) is 0. The second kappa shape index (κ2) is 17.4. The number of hydrogen-bond donors (Lipinski definition) is 4. The first-order chi connectivity index (χ1) is 28.7. The number of aromatic amines is 4. The zero-order valence-electron chi connectivity index (χ0n) is 36.9. The monoisotopic (exact) mass is 858 g/mol. The van der Waals surface area contributed by atoms with E-state index in [1.165, 1.54) is 22.3 Å². The van der Waals surface area contributed by atoms with Crippen LogP contribution in [-0.2, 0) is 13.1 Å². The van der Waals surface area contributed by atoms with E-state index in [0.29, 0.717) is 0 Å². The number of benzene rings is 4. The number of quaternary nitrogens is 2. The summed E-state index contributed by atoms with van der Waals surface area (Å²) in [6.45, 7) is 6.19. The summed E-state index contributed by atoms with van der Waals surface area (Å²) >= 11 is 0. The van der Waals surface area contributed by atoms with Crippen molar-refractivity contribution in [2.75, 3.05) is 42.3 Å². The average Bonchev–Trinajstić information content (AvgIpc) is 4.04. The van der Waals surface area contributed by atoms with Crippen LogP contribution in [0.5, 0.6) is 0 Å². The number of H-pyrrole nitrogens is 4. The SMILES string of the molecule is Cc1ccc(C2=c3ccc([nH]3)=C(c3ccc(C[N+](C)(C)C)cc3)c3ccc([nH]3)C(c3ccc(C)cc3)=c3ccc([nH]3)=C(c3ccc(C[N+](C)(C)C)cc3)c3ccc2[nH]3)cc1.[Cl-].[Cl-]. The summed E-state index contributed by atoms with van der Waals surface area (Å²) in [4.78, 5) is 15.7. The van der Waals surface area contributed by atoms with E-state index in [9.17, 15) is 0 Å². The molecule has 0 unspecified atom stereocenters. The van der Waals surface area contributed by atoms with Crippen LogP contribution in [0.1, 0.15) is 67.3 Å². The van der Waals surface area contributed by atoms with Gasteiger partial charge in [0, 0.05) is 77.6 Å². The van der Waals surface area contributed by atoms with Crippen LogP contribution in [0.2, 0.25) is 0 Å². The smallest absolute Gasteiger partial charge is 0.104 e. The molecule has 9 rings (SSSR count). The highest BCUT2D eigenvalue weighted by Gasteiger charge is 2.19. The predicted octanol–water partition coefficient (Wildman–Crippen LogP) is 1.34. The highest BCUT2D eigenvalue weighted by Crippen LogP contribution is 2.29. The number of halogens is 2. The Balaban J connectivity index is 0.00000289. The Hall–Kier alpha value is -6.02. The molecular formula is C54H56Cl2N6. The van der Waals surface area contributed by atoms with Gasteiger partial charge < -0.3 is 53.7 Å². The van der Waals surface area contributed by atoms with Gasteiger partial charge in [0.25, 0.3) is 0 Å². The molecule has 0 radical (unpaired) electrons. The van der Waals surface area contributed by atoms with Crippen LogP contribution in [0, 0.1) is 13.8 Å². The molecule has 8 heteroatoms. The van der Waals surface area contributed by atoms with Crippen molar-refractivity contribution in [2.24, 2.45) is 0 Å². The Morgan fingerprint density at radius 1 is 0.306 bits per heavy atom. The van der Waals surface area contributed by atoms with E-state index < -0.39 is 0 Å². The average molecular weight is 860 g/mol. The molecule has 0 atom stereocenters. The van der Waals surface area contributed by atoms with Crippen molar-refractivity contribution in [3.8, 4) is 0 Å². The lowest BCUT2D eigenvalue weighted by Crippen LogP contribution is -3.00. The van der Waals surface area contributed by atoms with Crippen LogP contribution in [0.3, 0.4) is 0 Å². The lowest BCUT2D eigenvalue weighted by atomic mass is 10.0. The van der Waals surface area contributed by atoms with Crippen molar-refractivity contribution in [3.63, 3.8) is 0 Å². The minimum atomic E-state index is 0. The molecule has 4 N–H and O–H groups in total. The molecule has 62 heavy (non-hydrogen) atoms. The Bertz CT molecular complexity index is 2880. The van der Waals surface area contributed by atoms with Crippen molar-refractivity contribution in [1.82, 2.24) is 19.9 Å². The highest BCUT2D eigenvalue weighted by atomic mass is 35.5. The van der Waals surface area contributed by atoms with Gasteiger partial charge in [0.2, 0.25) is 0 Å². The maximum atomic E-state index is 3.94. The second-order valence-corrected chi connectivity index (χ2v) is 18.7. The molecule has 0 saturated heterocycles. The number of fused-ring (bicyclic) bond motifs is 8. The molecule has 0 aliphatic carbocycles. The summed E-state index contributed by atoms with van der Waals surface area (Å²) in [5, 5.41) is 4.17. The van der Waals surface area contributed by atoms with Crippen molar-refractivity contribution in [1.29, 1.82) is 0 Å². The molecule has 0 spiro atoms. The van der Waals surface area contributed by atoms with Crippen LogP contribution in [0.4, 0.5) is 0 Å². The van der Waals surface area contributed by atoms with Crippen LogP contribution < -0.4 is 46.2 Å². The summed E-state index contributed by atoms with van der Waals surface area (Å²) < 4.78 is 1.74. The Kier molecular flexibility index (Phi) is 12.4. The standard InChI is InChI=1S/C54H56N6.2ClH/c1-35-9-17-39(18-10-35)51-43-25-29-47(55-43)53(41-21-13-37(14-22-41)33-59(3,4)5)49-31-27-45(57-49)52(40-19-11-36(2)12-20-40)46-28-32-50(58-46)54(48-30-26-44(51)56-48)42-23-15-38(16-24-42)34-60(6,7)8;;/h9-32,55-58H,33-34H2,1-8H3;2*1H/q+2;;/p-2. The molecule has 0 fully saturated rings. The summed E-state index contributed by atoms with van der Waals surface area (Å²) in [6, 6.07) is 53.8. The van der Waals surface area contributed by atoms with Gasteiger partial charge in [0.05, 0.1) is 42.3 Å². The van der Waals surface area contributed by atoms with Gasteiger partial charge in [-0.1, -0.05) is 108 Å². The van der Waals surface area contributed by atoms with Gasteiger partial charge in [0.1, 0.15) is 13.1 Å². The third kappa shape index (κ3) is 9.25. The van der Waals surface area contributed by atoms with Crippen LogP contribution in [-0.4, -0.2) is 71.2 Å². The van der Waals surface area contributed by atoms with Gasteiger partial charge in [-0.15, -0.1) is 0 Å². The Morgan fingerprint density at radius 3 is 0.790 bits per heavy atom. The molecule has 1 aliphatic rings. The maximum absolute atomic E-state index is 3.94. The van der Waals surface area contributed by atoms with Crippen LogP contribution in [0.25, 0.3) is 22.3 Å². The number of nitrogens with one attached hydrogen (secondary N) is 4. The van der Waals surface area contributed by atoms with E-state index in [1.807, 2.05) is 0 Å². The number of nitrogens with zero attached hydrogens (tertiary/aromatic N) is 2. The quantitative estimate of drug-likeness (QED) is 0.167. The van der Waals surface area contributed by atoms with Gasteiger partial charge in [-0.3, -0.25) is 0 Å². The lowest BCUT2D eigenvalue weighted by molar-refractivity contribution is -0.884. The summed E-state index contributed by atoms with van der Waals surface area (Å²) in [7, 11) is 13.4. The lowest BCUT2D eigenvalue weighted by Gasteiger charge is -2.24. The van der Waals surface area contributed by atoms with Crippen molar-refractivity contribution >= 4 is 22.3 Å². The molecule has 6 nitrogen and oxygen atoms in total. The second-order valence-electron chi connectivity index (χ2n) is 18.7.